The van der Waals surface area contributed by atoms with Crippen LogP contribution in [0.25, 0.3) is 0 Å². The highest BCUT2D eigenvalue weighted by molar-refractivity contribution is 7.89. The Kier molecular flexibility index (Phi) is 5.65. The van der Waals surface area contributed by atoms with Gasteiger partial charge in [-0.2, -0.15) is 13.2 Å². The first-order valence-corrected chi connectivity index (χ1v) is 10.3. The predicted octanol–water partition coefficient (Wildman–Crippen LogP) is 2.85. The molecule has 0 saturated carbocycles. The molecule has 1 atom stereocenters. The van der Waals surface area contributed by atoms with Crippen molar-refractivity contribution in [2.75, 3.05) is 18.1 Å². The van der Waals surface area contributed by atoms with E-state index in [2.05, 4.69) is 15.6 Å². The summed E-state index contributed by atoms with van der Waals surface area (Å²) in [5.41, 5.74) is -0.659. The van der Waals surface area contributed by atoms with Crippen LogP contribution in [0.15, 0.2) is 36.5 Å². The van der Waals surface area contributed by atoms with Gasteiger partial charge in [0.05, 0.1) is 17.4 Å². The van der Waals surface area contributed by atoms with Crippen LogP contribution in [0, 0.1) is 5.41 Å². The fourth-order valence-electron chi connectivity index (χ4n) is 2.71. The number of hydrogen-bond donors (Lipinski definition) is 3. The van der Waals surface area contributed by atoms with E-state index in [1.165, 1.54) is 25.2 Å². The van der Waals surface area contributed by atoms with E-state index >= 15 is 0 Å². The zero-order valence-corrected chi connectivity index (χ0v) is 16.9. The Morgan fingerprint density at radius 2 is 2.03 bits per heavy atom. The van der Waals surface area contributed by atoms with Crippen molar-refractivity contribution in [3.63, 3.8) is 0 Å². The summed E-state index contributed by atoms with van der Waals surface area (Å²) in [6, 6.07) is 5.17. The number of pyridine rings is 1. The minimum absolute atomic E-state index is 0.214. The molecule has 0 unspecified atom stereocenters. The van der Waals surface area contributed by atoms with Crippen LogP contribution in [-0.2, 0) is 16.2 Å². The zero-order chi connectivity index (χ0) is 22.3. The molecule has 3 rings (SSSR count). The smallest absolute Gasteiger partial charge is 0.348 e. The first-order chi connectivity index (χ1) is 13.9. The van der Waals surface area contributed by atoms with Crippen molar-refractivity contribution in [1.29, 1.82) is 5.41 Å². The van der Waals surface area contributed by atoms with Gasteiger partial charge in [-0.3, -0.25) is 15.2 Å². The molecule has 0 aliphatic carbocycles. The molecule has 0 radical (unpaired) electrons. The number of alkyl halides is 3. The first kappa shape index (κ1) is 21.8. The van der Waals surface area contributed by atoms with E-state index in [9.17, 15) is 26.4 Å². The predicted molar refractivity (Wildman–Crippen MR) is 104 cm³/mol. The van der Waals surface area contributed by atoms with E-state index in [0.717, 1.165) is 16.4 Å². The number of carbonyl (C=O) groups excluding carboxylic acids is 1. The third kappa shape index (κ3) is 4.49. The van der Waals surface area contributed by atoms with Gasteiger partial charge in [-0.05, 0) is 35.9 Å². The number of guanidine groups is 1. The standard InChI is InChI=1S/C17H15ClF3N5O3S/c1-26-16(22)25-14(8-30(26,28)29)11-6-10(3-4-12(11)18)24-15(27)13-5-2-9(7-23-13)17(19,20)21/h2-7,14H,8H2,1H3,(H2,22,25)(H,24,27)/t14-/m0/s1. The number of anilines is 1. The molecule has 1 amide bonds. The molecule has 160 valence electrons. The van der Waals surface area contributed by atoms with Crippen LogP contribution < -0.4 is 10.6 Å². The van der Waals surface area contributed by atoms with E-state index in [4.69, 9.17) is 17.0 Å². The van der Waals surface area contributed by atoms with E-state index in [0.29, 0.717) is 11.8 Å². The number of carbonyl (C=O) groups is 1. The lowest BCUT2D eigenvalue weighted by Gasteiger charge is -2.32. The Hall–Kier alpha value is -2.86. The lowest BCUT2D eigenvalue weighted by Crippen LogP contribution is -2.52. The minimum Gasteiger partial charge on any atom is -0.348 e. The molecular weight excluding hydrogens is 447 g/mol. The number of sulfonamides is 1. The van der Waals surface area contributed by atoms with Gasteiger partial charge < -0.3 is 10.6 Å². The third-order valence-corrected chi connectivity index (χ3v) is 6.49. The highest BCUT2D eigenvalue weighted by atomic mass is 35.5. The number of halogens is 4. The molecule has 30 heavy (non-hydrogen) atoms. The molecule has 1 aliphatic heterocycles. The fourth-order valence-corrected chi connectivity index (χ4v) is 4.19. The van der Waals surface area contributed by atoms with Gasteiger partial charge >= 0.3 is 6.18 Å². The summed E-state index contributed by atoms with van der Waals surface area (Å²) in [5.74, 6) is -1.44. The molecule has 1 aliphatic rings. The first-order valence-electron chi connectivity index (χ1n) is 8.34. The fraction of sp³-hybridized carbons (Fsp3) is 0.235. The summed E-state index contributed by atoms with van der Waals surface area (Å²) in [6.45, 7) is 0. The summed E-state index contributed by atoms with van der Waals surface area (Å²) >= 11 is 6.17. The Balaban J connectivity index is 1.82. The molecule has 1 fully saturated rings. The van der Waals surface area contributed by atoms with Crippen LogP contribution in [-0.4, -0.2) is 42.4 Å². The van der Waals surface area contributed by atoms with E-state index in [1.807, 2.05) is 0 Å². The highest BCUT2D eigenvalue weighted by Crippen LogP contribution is 2.31. The molecule has 13 heteroatoms. The largest absolute Gasteiger partial charge is 0.417 e. The Bertz CT molecular complexity index is 1110. The molecule has 1 aromatic carbocycles. The third-order valence-electron chi connectivity index (χ3n) is 4.37. The van der Waals surface area contributed by atoms with Gasteiger partial charge in [0.1, 0.15) is 5.69 Å². The maximum Gasteiger partial charge on any atom is 0.417 e. The van der Waals surface area contributed by atoms with Gasteiger partial charge in [0.15, 0.2) is 0 Å². The van der Waals surface area contributed by atoms with Crippen LogP contribution >= 0.6 is 11.6 Å². The van der Waals surface area contributed by atoms with Gasteiger partial charge in [0.25, 0.3) is 5.91 Å². The summed E-state index contributed by atoms with van der Waals surface area (Å²) in [6.07, 6.45) is -4.01. The number of hydrogen-bond acceptors (Lipinski definition) is 5. The Morgan fingerprint density at radius 1 is 1.33 bits per heavy atom. The van der Waals surface area contributed by atoms with Gasteiger partial charge in [0, 0.05) is 24.0 Å². The van der Waals surface area contributed by atoms with Crippen LogP contribution in [0.2, 0.25) is 5.02 Å². The number of rotatable bonds is 3. The van der Waals surface area contributed by atoms with Crippen molar-refractivity contribution in [3.8, 4) is 0 Å². The number of nitrogens with zero attached hydrogens (tertiary/aromatic N) is 2. The molecule has 1 saturated heterocycles. The Labute approximate surface area is 174 Å². The van der Waals surface area contributed by atoms with Crippen molar-refractivity contribution >= 4 is 39.2 Å². The summed E-state index contributed by atoms with van der Waals surface area (Å²) < 4.78 is 63.0. The maximum absolute atomic E-state index is 12.6. The molecular formula is C17H15ClF3N5O3S. The van der Waals surface area contributed by atoms with Crippen molar-refractivity contribution < 1.29 is 26.4 Å². The number of benzene rings is 1. The zero-order valence-electron chi connectivity index (χ0n) is 15.3. The molecule has 8 nitrogen and oxygen atoms in total. The Morgan fingerprint density at radius 3 is 2.60 bits per heavy atom. The second kappa shape index (κ2) is 7.76. The van der Waals surface area contributed by atoms with E-state index in [-0.39, 0.29) is 28.1 Å². The maximum atomic E-state index is 12.6. The van der Waals surface area contributed by atoms with Crippen molar-refractivity contribution in [2.45, 2.75) is 12.2 Å². The lowest BCUT2D eigenvalue weighted by atomic mass is 10.1. The van der Waals surface area contributed by atoms with Crippen molar-refractivity contribution in [3.05, 3.63) is 58.4 Å². The SMILES string of the molecule is CN1C(=N)N[C@H](c2cc(NC(=O)c3ccc(C(F)(F)F)cn3)ccc2Cl)CS1(=O)=O. The number of aromatic nitrogens is 1. The molecule has 1 aromatic heterocycles. The van der Waals surface area contributed by atoms with Crippen LogP contribution in [0.3, 0.4) is 0 Å². The quantitative estimate of drug-likeness (QED) is 0.650. The van der Waals surface area contributed by atoms with Crippen LogP contribution in [0.4, 0.5) is 18.9 Å². The van der Waals surface area contributed by atoms with Gasteiger partial charge in [-0.1, -0.05) is 11.6 Å². The molecule has 2 heterocycles. The number of amides is 1. The topological polar surface area (TPSA) is 115 Å². The average molecular weight is 462 g/mol. The van der Waals surface area contributed by atoms with Crippen molar-refractivity contribution in [2.24, 2.45) is 0 Å². The van der Waals surface area contributed by atoms with Gasteiger partial charge in [-0.25, -0.2) is 12.7 Å². The lowest BCUT2D eigenvalue weighted by molar-refractivity contribution is -0.137. The van der Waals surface area contributed by atoms with Crippen LogP contribution in [0.5, 0.6) is 0 Å². The second-order valence-corrected chi connectivity index (χ2v) is 8.86. The summed E-state index contributed by atoms with van der Waals surface area (Å²) in [5, 5.41) is 13.2. The highest BCUT2D eigenvalue weighted by Gasteiger charge is 2.34. The second-order valence-electron chi connectivity index (χ2n) is 6.41. The van der Waals surface area contributed by atoms with E-state index < -0.39 is 33.7 Å². The average Bonchev–Trinajstić information content (AvgIpc) is 2.66. The van der Waals surface area contributed by atoms with E-state index in [1.54, 1.807) is 0 Å². The van der Waals surface area contributed by atoms with Crippen molar-refractivity contribution in [1.82, 2.24) is 14.6 Å². The van der Waals surface area contributed by atoms with Crippen LogP contribution in [0.1, 0.15) is 27.7 Å². The molecule has 2 aromatic rings. The minimum atomic E-state index is -4.57. The molecule has 0 spiro atoms. The summed E-state index contributed by atoms with van der Waals surface area (Å²) in [7, 11) is -2.48. The molecule has 0 bridgehead atoms. The van der Waals surface area contributed by atoms with Gasteiger partial charge in [0.2, 0.25) is 16.0 Å². The molecule has 3 N–H and O–H groups in total. The van der Waals surface area contributed by atoms with Gasteiger partial charge in [-0.15, -0.1) is 0 Å². The summed E-state index contributed by atoms with van der Waals surface area (Å²) in [4.78, 5) is 15.8. The normalized spacial score (nSPS) is 18.6. The number of nitrogens with one attached hydrogen (secondary N) is 3. The monoisotopic (exact) mass is 461 g/mol.